The molecule has 0 radical (unpaired) electrons. The molecule has 0 bridgehead atoms. The van der Waals surface area contributed by atoms with Gasteiger partial charge in [-0.3, -0.25) is 9.69 Å². The Bertz CT molecular complexity index is 321. The van der Waals surface area contributed by atoms with Crippen molar-refractivity contribution in [2.45, 2.75) is 64.5 Å². The van der Waals surface area contributed by atoms with Gasteiger partial charge in [-0.2, -0.15) is 0 Å². The Hall–Kier alpha value is -0.320. The molecule has 0 aromatic carbocycles. The molecule has 2 unspecified atom stereocenters. The minimum atomic E-state index is 0. The van der Waals surface area contributed by atoms with E-state index in [4.69, 9.17) is 5.73 Å². The number of hydrogen-bond acceptors (Lipinski definition) is 3. The van der Waals surface area contributed by atoms with Crippen LogP contribution in [-0.2, 0) is 4.79 Å². The molecule has 124 valence electrons. The Morgan fingerprint density at radius 2 is 1.90 bits per heavy atom. The maximum Gasteiger partial charge on any atom is 0.236 e. The molecule has 1 amide bonds. The highest BCUT2D eigenvalue weighted by Gasteiger charge is 2.28. The molecule has 1 saturated carbocycles. The summed E-state index contributed by atoms with van der Waals surface area (Å²) in [5.74, 6) is 0.823. The maximum absolute atomic E-state index is 12.6. The summed E-state index contributed by atoms with van der Waals surface area (Å²) in [4.78, 5) is 17.0. The third-order valence-electron chi connectivity index (χ3n) is 5.09. The van der Waals surface area contributed by atoms with Crippen LogP contribution in [0.3, 0.4) is 0 Å². The van der Waals surface area contributed by atoms with Crippen molar-refractivity contribution in [3.05, 3.63) is 0 Å². The van der Waals surface area contributed by atoms with Crippen LogP contribution in [0.5, 0.6) is 0 Å². The molecular weight excluding hydrogens is 286 g/mol. The van der Waals surface area contributed by atoms with Crippen LogP contribution < -0.4 is 5.73 Å². The Balaban J connectivity index is 0.00000220. The Morgan fingerprint density at radius 1 is 1.24 bits per heavy atom. The van der Waals surface area contributed by atoms with Gasteiger partial charge >= 0.3 is 0 Å². The van der Waals surface area contributed by atoms with Crippen molar-refractivity contribution in [3.8, 4) is 0 Å². The average molecular weight is 318 g/mol. The van der Waals surface area contributed by atoms with E-state index >= 15 is 0 Å². The monoisotopic (exact) mass is 317 g/mol. The van der Waals surface area contributed by atoms with Crippen molar-refractivity contribution >= 4 is 18.3 Å². The summed E-state index contributed by atoms with van der Waals surface area (Å²) in [6.07, 6.45) is 7.31. The van der Waals surface area contributed by atoms with Crippen molar-refractivity contribution in [1.29, 1.82) is 0 Å². The summed E-state index contributed by atoms with van der Waals surface area (Å²) in [5.41, 5.74) is 6.05. The second-order valence-electron chi connectivity index (χ2n) is 6.64. The molecule has 21 heavy (non-hydrogen) atoms. The zero-order chi connectivity index (χ0) is 14.5. The van der Waals surface area contributed by atoms with Crippen molar-refractivity contribution < 1.29 is 4.79 Å². The van der Waals surface area contributed by atoms with Gasteiger partial charge in [-0.25, -0.2) is 0 Å². The van der Waals surface area contributed by atoms with E-state index in [2.05, 4.69) is 23.6 Å². The maximum atomic E-state index is 12.6. The number of nitrogens with two attached hydrogens (primary N) is 1. The summed E-state index contributed by atoms with van der Waals surface area (Å²) in [5, 5.41) is 0. The lowest BCUT2D eigenvalue weighted by Crippen LogP contribution is -2.51. The molecule has 2 aliphatic rings. The quantitative estimate of drug-likeness (QED) is 0.865. The first kappa shape index (κ1) is 18.7. The highest BCUT2D eigenvalue weighted by Crippen LogP contribution is 2.23. The van der Waals surface area contributed by atoms with E-state index in [-0.39, 0.29) is 12.4 Å². The standard InChI is InChI=1S/C16H31N3O.ClH/c1-3-19(14-7-5-4-6-8-14)16(20)12-18-10-9-15(17)13(2)11-18;/h13-15H,3-12,17H2,1-2H3;1H. The van der Waals surface area contributed by atoms with Gasteiger partial charge in [-0.05, 0) is 32.1 Å². The van der Waals surface area contributed by atoms with E-state index in [1.807, 2.05) is 0 Å². The smallest absolute Gasteiger partial charge is 0.236 e. The van der Waals surface area contributed by atoms with Crippen molar-refractivity contribution in [2.75, 3.05) is 26.2 Å². The van der Waals surface area contributed by atoms with Crippen LogP contribution in [-0.4, -0.2) is 54.0 Å². The Labute approximate surface area is 135 Å². The van der Waals surface area contributed by atoms with Crippen LogP contribution in [0.15, 0.2) is 0 Å². The fourth-order valence-electron chi connectivity index (χ4n) is 3.71. The molecule has 1 saturated heterocycles. The van der Waals surface area contributed by atoms with Crippen molar-refractivity contribution in [3.63, 3.8) is 0 Å². The van der Waals surface area contributed by atoms with E-state index in [1.54, 1.807) is 0 Å². The zero-order valence-corrected chi connectivity index (χ0v) is 14.4. The van der Waals surface area contributed by atoms with Crippen molar-refractivity contribution in [1.82, 2.24) is 9.80 Å². The number of amides is 1. The molecule has 0 spiro atoms. The first-order valence-corrected chi connectivity index (χ1v) is 8.39. The van der Waals surface area contributed by atoms with Gasteiger partial charge in [0.1, 0.15) is 0 Å². The number of piperidine rings is 1. The molecule has 2 rings (SSSR count). The number of halogens is 1. The van der Waals surface area contributed by atoms with Gasteiger partial charge < -0.3 is 10.6 Å². The van der Waals surface area contributed by atoms with Crippen LogP contribution in [0.4, 0.5) is 0 Å². The summed E-state index contributed by atoms with van der Waals surface area (Å²) in [7, 11) is 0. The predicted octanol–water partition coefficient (Wildman–Crippen LogP) is 2.26. The van der Waals surface area contributed by atoms with Gasteiger partial charge in [0, 0.05) is 31.7 Å². The normalized spacial score (nSPS) is 28.0. The highest BCUT2D eigenvalue weighted by molar-refractivity contribution is 5.85. The van der Waals surface area contributed by atoms with Crippen LogP contribution >= 0.6 is 12.4 Å². The number of carbonyl (C=O) groups is 1. The summed E-state index contributed by atoms with van der Waals surface area (Å²) < 4.78 is 0. The second kappa shape index (κ2) is 8.96. The molecular formula is C16H32ClN3O. The number of likely N-dealkylation sites (N-methyl/N-ethyl adjacent to an activating group) is 1. The third-order valence-corrected chi connectivity index (χ3v) is 5.09. The van der Waals surface area contributed by atoms with Gasteiger partial charge in [-0.1, -0.05) is 26.2 Å². The third kappa shape index (κ3) is 5.11. The van der Waals surface area contributed by atoms with Gasteiger partial charge in [0.05, 0.1) is 6.54 Å². The molecule has 5 heteroatoms. The number of likely N-dealkylation sites (tertiary alicyclic amines) is 1. The van der Waals surface area contributed by atoms with Crippen molar-refractivity contribution in [2.24, 2.45) is 11.7 Å². The lowest BCUT2D eigenvalue weighted by Gasteiger charge is -2.38. The first-order valence-electron chi connectivity index (χ1n) is 8.39. The highest BCUT2D eigenvalue weighted by atomic mass is 35.5. The fourth-order valence-corrected chi connectivity index (χ4v) is 3.71. The van der Waals surface area contributed by atoms with Crippen LogP contribution in [0.25, 0.3) is 0 Å². The van der Waals surface area contributed by atoms with Gasteiger partial charge in [0.2, 0.25) is 5.91 Å². The number of nitrogens with zero attached hydrogens (tertiary/aromatic N) is 2. The molecule has 2 N–H and O–H groups in total. The summed E-state index contributed by atoms with van der Waals surface area (Å²) in [6, 6.07) is 0.799. The van der Waals surface area contributed by atoms with E-state index in [9.17, 15) is 4.79 Å². The predicted molar refractivity (Wildman–Crippen MR) is 89.7 cm³/mol. The summed E-state index contributed by atoms with van der Waals surface area (Å²) in [6.45, 7) is 7.68. The van der Waals surface area contributed by atoms with Crippen LogP contribution in [0, 0.1) is 5.92 Å². The SMILES string of the molecule is CCN(C(=O)CN1CCC(N)C(C)C1)C1CCCCC1.Cl. The topological polar surface area (TPSA) is 49.6 Å². The number of hydrogen-bond donors (Lipinski definition) is 1. The van der Waals surface area contributed by atoms with Gasteiger partial charge in [-0.15, -0.1) is 12.4 Å². The second-order valence-corrected chi connectivity index (χ2v) is 6.64. The average Bonchev–Trinajstić information content (AvgIpc) is 2.45. The molecule has 2 atom stereocenters. The van der Waals surface area contributed by atoms with Crippen LogP contribution in [0.2, 0.25) is 0 Å². The minimum Gasteiger partial charge on any atom is -0.339 e. The molecule has 1 aliphatic heterocycles. The molecule has 2 fully saturated rings. The van der Waals surface area contributed by atoms with E-state index in [0.29, 0.717) is 30.5 Å². The summed E-state index contributed by atoms with van der Waals surface area (Å²) >= 11 is 0. The molecule has 4 nitrogen and oxygen atoms in total. The van der Waals surface area contributed by atoms with E-state index in [0.717, 1.165) is 26.1 Å². The van der Waals surface area contributed by atoms with Gasteiger partial charge in [0.15, 0.2) is 0 Å². The lowest BCUT2D eigenvalue weighted by atomic mass is 9.93. The largest absolute Gasteiger partial charge is 0.339 e. The molecule has 0 aromatic heterocycles. The molecule has 1 heterocycles. The minimum absolute atomic E-state index is 0. The lowest BCUT2D eigenvalue weighted by molar-refractivity contribution is -0.135. The van der Waals surface area contributed by atoms with Gasteiger partial charge in [0.25, 0.3) is 0 Å². The number of carbonyl (C=O) groups excluding carboxylic acids is 1. The molecule has 0 aromatic rings. The zero-order valence-electron chi connectivity index (χ0n) is 13.6. The van der Waals surface area contributed by atoms with E-state index < -0.39 is 0 Å². The van der Waals surface area contributed by atoms with E-state index in [1.165, 1.54) is 32.1 Å². The Kier molecular flexibility index (Phi) is 7.99. The Morgan fingerprint density at radius 3 is 2.48 bits per heavy atom. The van der Waals surface area contributed by atoms with Crippen LogP contribution in [0.1, 0.15) is 52.4 Å². The number of rotatable bonds is 4. The fraction of sp³-hybridized carbons (Fsp3) is 0.938. The first-order chi connectivity index (χ1) is 9.61. The molecule has 1 aliphatic carbocycles.